The predicted octanol–water partition coefficient (Wildman–Crippen LogP) is 2.80. The van der Waals surface area contributed by atoms with Crippen molar-refractivity contribution in [1.82, 2.24) is 9.97 Å². The zero-order valence-electron chi connectivity index (χ0n) is 10.1. The first kappa shape index (κ1) is 12.2. The molecule has 0 spiro atoms. The molecule has 0 amide bonds. The highest BCUT2D eigenvalue weighted by molar-refractivity contribution is 5.93. The molecule has 0 aliphatic rings. The maximum absolute atomic E-state index is 11.1. The highest BCUT2D eigenvalue weighted by Crippen LogP contribution is 2.24. The van der Waals surface area contributed by atoms with Crippen LogP contribution in [0.5, 0.6) is 0 Å². The van der Waals surface area contributed by atoms with Crippen LogP contribution < -0.4 is 0 Å². The molecular weight excluding hydrogens is 224 g/mol. The highest BCUT2D eigenvalue weighted by Gasteiger charge is 2.12. The van der Waals surface area contributed by atoms with Gasteiger partial charge in [0, 0.05) is 23.5 Å². The van der Waals surface area contributed by atoms with Gasteiger partial charge in [0.15, 0.2) is 0 Å². The van der Waals surface area contributed by atoms with Crippen molar-refractivity contribution in [2.75, 3.05) is 0 Å². The van der Waals surface area contributed by atoms with E-state index in [1.54, 1.807) is 12.4 Å². The minimum Gasteiger partial charge on any atom is -0.285 e. The fourth-order valence-electron chi connectivity index (χ4n) is 1.76. The largest absolute Gasteiger partial charge is 0.285 e. The van der Waals surface area contributed by atoms with Crippen molar-refractivity contribution in [2.24, 2.45) is 0 Å². The molecule has 3 heteroatoms. The van der Waals surface area contributed by atoms with E-state index in [1.807, 2.05) is 49.6 Å². The second-order valence-corrected chi connectivity index (χ2v) is 3.74. The van der Waals surface area contributed by atoms with Crippen LogP contribution in [0.1, 0.15) is 24.7 Å². The molecule has 2 heterocycles. The van der Waals surface area contributed by atoms with Gasteiger partial charge in [-0.2, -0.15) is 0 Å². The van der Waals surface area contributed by atoms with Crippen LogP contribution >= 0.6 is 0 Å². The molecule has 3 nitrogen and oxygen atoms in total. The molecule has 0 unspecified atom stereocenters. The SMILES string of the molecule is CCC([C]=O)=C(c1ccccn1)c1ccccn1. The lowest BCUT2D eigenvalue weighted by atomic mass is 9.99. The van der Waals surface area contributed by atoms with Crippen molar-refractivity contribution in [3.05, 3.63) is 65.8 Å². The summed E-state index contributed by atoms with van der Waals surface area (Å²) in [6.45, 7) is 1.92. The summed E-state index contributed by atoms with van der Waals surface area (Å²) < 4.78 is 0. The minimum atomic E-state index is 0.590. The average molecular weight is 237 g/mol. The van der Waals surface area contributed by atoms with Crippen molar-refractivity contribution in [2.45, 2.75) is 13.3 Å². The number of hydrogen-bond acceptors (Lipinski definition) is 3. The minimum absolute atomic E-state index is 0.590. The summed E-state index contributed by atoms with van der Waals surface area (Å²) in [6.07, 6.45) is 6.01. The number of hydrogen-bond donors (Lipinski definition) is 0. The molecule has 0 saturated carbocycles. The molecule has 1 radical (unpaired) electrons. The summed E-state index contributed by atoms with van der Waals surface area (Å²) in [5, 5.41) is 0. The van der Waals surface area contributed by atoms with Crippen LogP contribution in [0, 0.1) is 0 Å². The summed E-state index contributed by atoms with van der Waals surface area (Å²) in [5.41, 5.74) is 2.84. The lowest BCUT2D eigenvalue weighted by Crippen LogP contribution is -1.99. The van der Waals surface area contributed by atoms with Gasteiger partial charge >= 0.3 is 0 Å². The standard InChI is InChI=1S/C15H13N2O/c1-2-12(11-18)15(13-7-3-5-9-16-13)14-8-4-6-10-17-14/h3-10H,2H2,1H3. The second kappa shape index (κ2) is 5.87. The van der Waals surface area contributed by atoms with Gasteiger partial charge in [0.2, 0.25) is 6.29 Å². The Labute approximate surface area is 106 Å². The topological polar surface area (TPSA) is 42.9 Å². The zero-order chi connectivity index (χ0) is 12.8. The molecule has 2 aromatic rings. The number of nitrogens with zero attached hydrogens (tertiary/aromatic N) is 2. The van der Waals surface area contributed by atoms with Crippen LogP contribution in [0.15, 0.2) is 54.4 Å². The lowest BCUT2D eigenvalue weighted by molar-refractivity contribution is 0.560. The first-order chi connectivity index (χ1) is 8.86. The smallest absolute Gasteiger partial charge is 0.229 e. The number of allylic oxidation sites excluding steroid dienone is 1. The quantitative estimate of drug-likeness (QED) is 0.768. The van der Waals surface area contributed by atoms with Crippen LogP contribution in [-0.2, 0) is 4.79 Å². The van der Waals surface area contributed by atoms with E-state index in [0.717, 1.165) is 17.0 Å². The Kier molecular flexibility index (Phi) is 3.97. The van der Waals surface area contributed by atoms with E-state index >= 15 is 0 Å². The average Bonchev–Trinajstić information content (AvgIpc) is 2.46. The number of pyridine rings is 2. The van der Waals surface area contributed by atoms with E-state index in [4.69, 9.17) is 0 Å². The molecule has 0 atom stereocenters. The van der Waals surface area contributed by atoms with Crippen LogP contribution in [0.25, 0.3) is 5.57 Å². The number of aromatic nitrogens is 2. The zero-order valence-corrected chi connectivity index (χ0v) is 10.1. The van der Waals surface area contributed by atoms with Gasteiger partial charge in [0.1, 0.15) is 0 Å². The molecule has 18 heavy (non-hydrogen) atoms. The summed E-state index contributed by atoms with van der Waals surface area (Å²) in [4.78, 5) is 19.7. The summed E-state index contributed by atoms with van der Waals surface area (Å²) in [7, 11) is 0. The monoisotopic (exact) mass is 237 g/mol. The van der Waals surface area contributed by atoms with Gasteiger partial charge in [-0.25, -0.2) is 0 Å². The van der Waals surface area contributed by atoms with E-state index in [2.05, 4.69) is 9.97 Å². The van der Waals surface area contributed by atoms with Crippen LogP contribution in [0.4, 0.5) is 0 Å². The Morgan fingerprint density at radius 2 is 1.61 bits per heavy atom. The summed E-state index contributed by atoms with van der Waals surface area (Å²) in [6, 6.07) is 11.2. The van der Waals surface area contributed by atoms with Crippen molar-refractivity contribution in [3.63, 3.8) is 0 Å². The second-order valence-electron chi connectivity index (χ2n) is 3.74. The maximum Gasteiger partial charge on any atom is 0.229 e. The molecule has 0 saturated heterocycles. The Morgan fingerprint density at radius 1 is 1.06 bits per heavy atom. The lowest BCUT2D eigenvalue weighted by Gasteiger charge is -2.08. The highest BCUT2D eigenvalue weighted by atomic mass is 16.1. The van der Waals surface area contributed by atoms with Crippen molar-refractivity contribution in [3.8, 4) is 0 Å². The van der Waals surface area contributed by atoms with Gasteiger partial charge in [-0.05, 0) is 30.7 Å². The Morgan fingerprint density at radius 3 is 1.94 bits per heavy atom. The van der Waals surface area contributed by atoms with Gasteiger partial charge in [0.05, 0.1) is 11.4 Å². The first-order valence-corrected chi connectivity index (χ1v) is 5.81. The van der Waals surface area contributed by atoms with Gasteiger partial charge in [0.25, 0.3) is 0 Å². The molecule has 0 aliphatic heterocycles. The molecule has 0 bridgehead atoms. The van der Waals surface area contributed by atoms with Gasteiger partial charge in [-0.3, -0.25) is 14.8 Å². The first-order valence-electron chi connectivity index (χ1n) is 5.81. The molecule has 0 aliphatic carbocycles. The molecule has 0 fully saturated rings. The van der Waals surface area contributed by atoms with Crippen molar-refractivity contribution in [1.29, 1.82) is 0 Å². The van der Waals surface area contributed by atoms with Crippen LogP contribution in [-0.4, -0.2) is 16.3 Å². The van der Waals surface area contributed by atoms with E-state index < -0.39 is 0 Å². The molecule has 0 aromatic carbocycles. The van der Waals surface area contributed by atoms with E-state index in [0.29, 0.717) is 12.0 Å². The van der Waals surface area contributed by atoms with E-state index in [1.165, 1.54) is 0 Å². The van der Waals surface area contributed by atoms with E-state index in [-0.39, 0.29) is 0 Å². The van der Waals surface area contributed by atoms with Gasteiger partial charge in [-0.15, -0.1) is 0 Å². The predicted molar refractivity (Wildman–Crippen MR) is 70.5 cm³/mol. The number of rotatable bonds is 4. The Balaban J connectivity index is 2.63. The third-order valence-electron chi connectivity index (χ3n) is 2.62. The van der Waals surface area contributed by atoms with Crippen LogP contribution in [0.3, 0.4) is 0 Å². The van der Waals surface area contributed by atoms with Crippen molar-refractivity contribution < 1.29 is 4.79 Å². The molecular formula is C15H13N2O. The normalized spacial score (nSPS) is 9.83. The van der Waals surface area contributed by atoms with Crippen LogP contribution in [0.2, 0.25) is 0 Å². The number of carbonyl (C=O) groups excluding carboxylic acids is 1. The summed E-state index contributed by atoms with van der Waals surface area (Å²) in [5.74, 6) is 0. The maximum atomic E-state index is 11.1. The summed E-state index contributed by atoms with van der Waals surface area (Å²) >= 11 is 0. The molecule has 2 rings (SSSR count). The molecule has 2 aromatic heterocycles. The van der Waals surface area contributed by atoms with Crippen molar-refractivity contribution >= 4 is 11.9 Å². The molecule has 0 N–H and O–H groups in total. The Hall–Kier alpha value is -2.29. The fourth-order valence-corrected chi connectivity index (χ4v) is 1.76. The van der Waals surface area contributed by atoms with Gasteiger partial charge in [-0.1, -0.05) is 19.1 Å². The Bertz CT molecular complexity index is 506. The van der Waals surface area contributed by atoms with E-state index in [9.17, 15) is 4.79 Å². The third-order valence-corrected chi connectivity index (χ3v) is 2.62. The third kappa shape index (κ3) is 2.51. The van der Waals surface area contributed by atoms with Gasteiger partial charge < -0.3 is 0 Å². The fraction of sp³-hybridized carbons (Fsp3) is 0.133. The molecule has 89 valence electrons.